The molecule has 0 atom stereocenters. The molecule has 55 heavy (non-hydrogen) atoms. The van der Waals surface area contributed by atoms with Crippen molar-refractivity contribution in [2.45, 2.75) is 77.5 Å². The van der Waals surface area contributed by atoms with Crippen molar-refractivity contribution in [2.75, 3.05) is 0 Å². The van der Waals surface area contributed by atoms with Crippen LogP contribution >= 0.6 is 0 Å². The summed E-state index contributed by atoms with van der Waals surface area (Å²) >= 11 is -2.32. The zero-order valence-corrected chi connectivity index (χ0v) is 37.4. The molecule has 1 radical (unpaired) electrons. The quantitative estimate of drug-likeness (QED) is 0.123. The smallest absolute Gasteiger partial charge is 0 e. The number of nitrogens with zero attached hydrogens (tertiary/aromatic N) is 4. The maximum Gasteiger partial charge on any atom is 0 e. The van der Waals surface area contributed by atoms with Crippen molar-refractivity contribution in [1.29, 1.82) is 0 Å². The van der Waals surface area contributed by atoms with Crippen LogP contribution in [0.1, 0.15) is 63.9 Å². The maximum atomic E-state index is 8.60. The molecule has 0 aliphatic carbocycles. The Labute approximate surface area is 349 Å². The monoisotopic (exact) mass is 970 g/mol. The summed E-state index contributed by atoms with van der Waals surface area (Å²) in [6.45, 7) is 10.3. The number of imidazole rings is 1. The first kappa shape index (κ1) is 33.9. The van der Waals surface area contributed by atoms with Gasteiger partial charge in [0.15, 0.2) is 0 Å². The molecule has 7 heteroatoms. The van der Waals surface area contributed by atoms with E-state index in [-0.39, 0.29) is 37.0 Å². The molecule has 0 saturated heterocycles. The van der Waals surface area contributed by atoms with E-state index >= 15 is 0 Å². The fraction of sp³-hybridized carbons (Fsp3) is 0.271. The van der Waals surface area contributed by atoms with Gasteiger partial charge in [-0.25, -0.2) is 4.98 Å². The van der Waals surface area contributed by atoms with Gasteiger partial charge >= 0.3 is 139 Å². The van der Waals surface area contributed by atoms with Crippen LogP contribution in [0.5, 0.6) is 0 Å². The van der Waals surface area contributed by atoms with Gasteiger partial charge in [0.25, 0.3) is 0 Å². The molecule has 4 aromatic heterocycles. The largest absolute Gasteiger partial charge is 0 e. The predicted octanol–water partition coefficient (Wildman–Crippen LogP) is 12.0. The third-order valence-corrected chi connectivity index (χ3v) is 13.6. The summed E-state index contributed by atoms with van der Waals surface area (Å²) in [7, 11) is 0. The van der Waals surface area contributed by atoms with E-state index in [2.05, 4.69) is 113 Å². The molecule has 8 aromatic rings. The molecule has 0 saturated carbocycles. The van der Waals surface area contributed by atoms with E-state index in [1.807, 2.05) is 57.3 Å². The fourth-order valence-electron chi connectivity index (χ4n) is 6.84. The molecule has 0 N–H and O–H groups in total. The third kappa shape index (κ3) is 8.43. The molecule has 0 fully saturated rings. The van der Waals surface area contributed by atoms with Crippen molar-refractivity contribution >= 4 is 50.8 Å². The van der Waals surface area contributed by atoms with Gasteiger partial charge in [0.05, 0.1) is 22.4 Å². The first-order valence-electron chi connectivity index (χ1n) is 21.0. The van der Waals surface area contributed by atoms with Crippen LogP contribution in [0.2, 0.25) is 17.3 Å². The Bertz CT molecular complexity index is 2810. The van der Waals surface area contributed by atoms with Crippen molar-refractivity contribution in [3.05, 3.63) is 138 Å². The number of rotatable bonds is 6. The Kier molecular flexibility index (Phi) is 9.88. The van der Waals surface area contributed by atoms with Crippen molar-refractivity contribution in [3.63, 3.8) is 0 Å². The second-order valence-corrected chi connectivity index (χ2v) is 26.8. The molecule has 283 valence electrons. The van der Waals surface area contributed by atoms with Crippen LogP contribution in [0, 0.1) is 31.8 Å². The van der Waals surface area contributed by atoms with E-state index < -0.39 is 26.5 Å². The number of aromatic nitrogens is 4. The molecule has 0 amide bonds. The standard InChI is InChI=1S/C29H24N3O.C19H26GeN.Ir/c1-18-16-17-20-19-10-9-11-21(26(19)33-28(20)30-18)27-31-23-13-6-8-15-25(23)32(27)24-14-7-5-12-22(24)29(2,3)4;1-14(2)11-17-12-19(16-9-7-15(3)8-10-16)21-13-18(17)20(4,5)6;/h5-10,12-17H,1-4H3;7-9,12-14H,11H2,1-6H3;/q2*-1;/i;3D3,11D2;. The van der Waals surface area contributed by atoms with Gasteiger partial charge in [0, 0.05) is 36.9 Å². The molecule has 0 aliphatic rings. The van der Waals surface area contributed by atoms with Gasteiger partial charge in [-0.2, -0.15) is 0 Å². The summed E-state index contributed by atoms with van der Waals surface area (Å²) in [5.74, 6) is 7.34. The summed E-state index contributed by atoms with van der Waals surface area (Å²) in [5, 5.41) is 2.03. The Hall–Kier alpha value is -4.36. The molecular weight excluding hydrogens is 913 g/mol. The van der Waals surface area contributed by atoms with Gasteiger partial charge in [-0.3, -0.25) is 4.98 Å². The number of aryl methyl sites for hydroxylation is 2. The number of fused-ring (bicyclic) bond motifs is 4. The van der Waals surface area contributed by atoms with Crippen LogP contribution in [0.3, 0.4) is 0 Å². The Morgan fingerprint density at radius 1 is 0.909 bits per heavy atom. The average molecular weight is 969 g/mol. The van der Waals surface area contributed by atoms with Crippen LogP contribution in [-0.2, 0) is 31.9 Å². The minimum atomic E-state index is -2.32. The Balaban J connectivity index is 0.000000204. The molecule has 0 unspecified atom stereocenters. The molecule has 0 aliphatic heterocycles. The van der Waals surface area contributed by atoms with Crippen molar-refractivity contribution in [3.8, 4) is 28.3 Å². The fourth-order valence-corrected chi connectivity index (χ4v) is 9.78. The van der Waals surface area contributed by atoms with Gasteiger partial charge in [0.2, 0.25) is 5.71 Å². The van der Waals surface area contributed by atoms with Crippen molar-refractivity contribution in [2.24, 2.45) is 5.92 Å². The van der Waals surface area contributed by atoms with Crippen LogP contribution in [-0.4, -0.2) is 32.8 Å². The molecule has 0 bridgehead atoms. The minimum Gasteiger partial charge on any atom is 0 e. The number of para-hydroxylation sites is 3. The number of benzene rings is 4. The summed E-state index contributed by atoms with van der Waals surface area (Å²) in [4.78, 5) is 14.2. The summed E-state index contributed by atoms with van der Waals surface area (Å²) < 4.78 is 49.2. The summed E-state index contributed by atoms with van der Waals surface area (Å²) in [6.07, 6.45) is 0.362. The van der Waals surface area contributed by atoms with Gasteiger partial charge < -0.3 is 8.98 Å². The van der Waals surface area contributed by atoms with Gasteiger partial charge in [-0.1, -0.05) is 62.1 Å². The molecule has 4 heterocycles. The topological polar surface area (TPSA) is 56.7 Å². The second kappa shape index (κ2) is 16.0. The third-order valence-electron chi connectivity index (χ3n) is 9.42. The normalized spacial score (nSPS) is 13.7. The van der Waals surface area contributed by atoms with Crippen LogP contribution < -0.4 is 4.40 Å². The first-order chi connectivity index (χ1) is 27.7. The van der Waals surface area contributed by atoms with Crippen LogP contribution in [0.4, 0.5) is 0 Å². The van der Waals surface area contributed by atoms with E-state index in [0.717, 1.165) is 54.6 Å². The Morgan fingerprint density at radius 3 is 2.38 bits per heavy atom. The molecule has 8 rings (SSSR count). The van der Waals surface area contributed by atoms with Crippen molar-refractivity contribution in [1.82, 2.24) is 19.5 Å². The molecule has 0 spiro atoms. The van der Waals surface area contributed by atoms with Crippen LogP contribution in [0.25, 0.3) is 61.4 Å². The summed E-state index contributed by atoms with van der Waals surface area (Å²) in [6, 6.07) is 37.9. The maximum absolute atomic E-state index is 8.60. The van der Waals surface area contributed by atoms with E-state index in [9.17, 15) is 0 Å². The Morgan fingerprint density at radius 2 is 1.67 bits per heavy atom. The van der Waals surface area contributed by atoms with E-state index in [0.29, 0.717) is 22.5 Å². The van der Waals surface area contributed by atoms with E-state index in [4.69, 9.17) is 16.3 Å². The van der Waals surface area contributed by atoms with Gasteiger partial charge in [-0.15, -0.1) is 18.2 Å². The zero-order valence-electron chi connectivity index (χ0n) is 37.9. The van der Waals surface area contributed by atoms with Crippen LogP contribution in [0.15, 0.2) is 108 Å². The number of hydrogen-bond acceptors (Lipinski definition) is 4. The molecule has 5 nitrogen and oxygen atoms in total. The summed E-state index contributed by atoms with van der Waals surface area (Å²) in [5.41, 5.74) is 9.73. The second-order valence-electron chi connectivity index (χ2n) is 16.2. The number of hydrogen-bond donors (Lipinski definition) is 0. The predicted molar refractivity (Wildman–Crippen MR) is 229 cm³/mol. The van der Waals surface area contributed by atoms with Crippen molar-refractivity contribution < 1.29 is 31.4 Å². The average Bonchev–Trinajstić information content (AvgIpc) is 3.75. The van der Waals surface area contributed by atoms with Gasteiger partial charge in [-0.05, 0) is 48.2 Å². The van der Waals surface area contributed by atoms with Gasteiger partial charge in [0.1, 0.15) is 0 Å². The van der Waals surface area contributed by atoms with E-state index in [1.165, 1.54) is 11.6 Å². The zero-order chi connectivity index (χ0) is 42.7. The number of furan rings is 1. The molecule has 4 aromatic carbocycles. The minimum absolute atomic E-state index is 0. The number of pyridine rings is 2. The molecular formula is C48H50GeIrN4O-2. The first-order valence-corrected chi connectivity index (χ1v) is 25.8. The van der Waals surface area contributed by atoms with E-state index in [1.54, 1.807) is 12.1 Å². The SMILES string of the molecule is Cc1ccc2c(n1)oc1c(-c3nc4ccccc4n3-c3ccccc3C(C)(C)C)[c-]ccc12.[2H]C([2H])([2H])c1c[c-]c(-c2cc(C([2H])([2H])C(C)C)[c]([Ge]([CH3])([CH3])[CH3])cn2)cc1.[Ir].